The fourth-order valence-corrected chi connectivity index (χ4v) is 4.34. The molecule has 1 aliphatic rings. The number of benzene rings is 1. The Labute approximate surface area is 169 Å². The number of nitrogens with zero attached hydrogens (tertiary/aromatic N) is 3. The largest absolute Gasteiger partial charge is 0.497 e. The Morgan fingerprint density at radius 1 is 1.32 bits per heavy atom. The third-order valence-corrected chi connectivity index (χ3v) is 6.05. The van der Waals surface area contributed by atoms with Crippen molar-refractivity contribution < 1.29 is 9.47 Å². The minimum Gasteiger partial charge on any atom is -0.497 e. The number of aromatic nitrogens is 3. The van der Waals surface area contributed by atoms with E-state index in [4.69, 9.17) is 14.6 Å². The van der Waals surface area contributed by atoms with Crippen LogP contribution in [0.5, 0.6) is 5.75 Å². The van der Waals surface area contributed by atoms with Crippen LogP contribution in [0.1, 0.15) is 30.5 Å². The summed E-state index contributed by atoms with van der Waals surface area (Å²) in [5.74, 6) is 0.864. The first kappa shape index (κ1) is 19.0. The van der Waals surface area contributed by atoms with Crippen molar-refractivity contribution in [1.82, 2.24) is 14.8 Å². The number of nitrogens with one attached hydrogen (secondary N) is 1. The van der Waals surface area contributed by atoms with Gasteiger partial charge in [0.2, 0.25) is 0 Å². The molecule has 1 atom stereocenters. The van der Waals surface area contributed by atoms with Crippen LogP contribution in [0.15, 0.2) is 36.5 Å². The minimum atomic E-state index is 0.282. The van der Waals surface area contributed by atoms with Crippen LogP contribution in [0.3, 0.4) is 0 Å². The maximum atomic E-state index is 5.83. The number of thiazole rings is 1. The van der Waals surface area contributed by atoms with Crippen LogP contribution in [0.4, 0.5) is 5.13 Å². The van der Waals surface area contributed by atoms with E-state index < -0.39 is 0 Å². The van der Waals surface area contributed by atoms with E-state index in [1.807, 2.05) is 36.0 Å². The summed E-state index contributed by atoms with van der Waals surface area (Å²) in [7, 11) is 1.68. The molecule has 28 heavy (non-hydrogen) atoms. The van der Waals surface area contributed by atoms with Crippen LogP contribution in [-0.4, -0.2) is 34.6 Å². The molecular weight excluding hydrogens is 372 g/mol. The molecule has 4 rings (SSSR count). The lowest BCUT2D eigenvalue weighted by molar-refractivity contribution is 0.00403. The highest BCUT2D eigenvalue weighted by Crippen LogP contribution is 2.32. The normalized spacial score (nSPS) is 16.9. The van der Waals surface area contributed by atoms with Crippen LogP contribution >= 0.6 is 11.3 Å². The van der Waals surface area contributed by atoms with Crippen molar-refractivity contribution in [3.63, 3.8) is 0 Å². The minimum absolute atomic E-state index is 0.282. The molecule has 1 aromatic carbocycles. The van der Waals surface area contributed by atoms with Gasteiger partial charge in [-0.05, 0) is 49.9 Å². The fourth-order valence-electron chi connectivity index (χ4n) is 3.41. The highest BCUT2D eigenvalue weighted by Gasteiger charge is 2.17. The van der Waals surface area contributed by atoms with Gasteiger partial charge in [0.05, 0.1) is 30.3 Å². The number of aryl methyl sites for hydroxylation is 1. The SMILES string of the molecule is COc1cccc(CNc2nc(C)c(-c3ccn(CC4CCCCO4)n3)s2)c1. The van der Waals surface area contributed by atoms with Gasteiger partial charge in [0.15, 0.2) is 5.13 Å². The molecule has 0 bridgehead atoms. The van der Waals surface area contributed by atoms with E-state index in [2.05, 4.69) is 22.4 Å². The molecule has 1 fully saturated rings. The van der Waals surface area contributed by atoms with Crippen molar-refractivity contribution in [2.75, 3.05) is 19.0 Å². The molecule has 6 nitrogen and oxygen atoms in total. The van der Waals surface area contributed by atoms with Crippen LogP contribution in [-0.2, 0) is 17.8 Å². The Bertz CT molecular complexity index is 915. The summed E-state index contributed by atoms with van der Waals surface area (Å²) >= 11 is 1.64. The molecule has 3 aromatic rings. The third-order valence-electron chi connectivity index (χ3n) is 4.91. The summed E-state index contributed by atoms with van der Waals surface area (Å²) in [6.07, 6.45) is 5.86. The molecule has 1 N–H and O–H groups in total. The lowest BCUT2D eigenvalue weighted by atomic mass is 10.1. The van der Waals surface area contributed by atoms with Crippen molar-refractivity contribution in [1.29, 1.82) is 0 Å². The average Bonchev–Trinajstić information content (AvgIpc) is 3.33. The van der Waals surface area contributed by atoms with Crippen molar-refractivity contribution in [3.8, 4) is 16.3 Å². The standard InChI is InChI=1S/C21H26N4O2S/c1-15-20(19-9-10-25(24-19)14-18-7-3-4-11-27-18)28-21(23-15)22-13-16-6-5-8-17(12-16)26-2/h5-6,8-10,12,18H,3-4,7,11,13-14H2,1-2H3,(H,22,23). The number of hydrogen-bond donors (Lipinski definition) is 1. The molecule has 0 saturated carbocycles. The van der Waals surface area contributed by atoms with Crippen LogP contribution in [0, 0.1) is 6.92 Å². The molecule has 1 unspecified atom stereocenters. The predicted molar refractivity (Wildman–Crippen MR) is 112 cm³/mol. The molecule has 148 valence electrons. The Morgan fingerprint density at radius 2 is 2.25 bits per heavy atom. The van der Waals surface area contributed by atoms with Gasteiger partial charge in [-0.25, -0.2) is 4.98 Å². The number of methoxy groups -OCH3 is 1. The summed E-state index contributed by atoms with van der Waals surface area (Å²) in [6.45, 7) is 4.43. The van der Waals surface area contributed by atoms with Crippen LogP contribution in [0.25, 0.3) is 10.6 Å². The first-order chi connectivity index (χ1) is 13.7. The van der Waals surface area contributed by atoms with Gasteiger partial charge in [-0.2, -0.15) is 5.10 Å². The van der Waals surface area contributed by atoms with Gasteiger partial charge in [-0.3, -0.25) is 4.68 Å². The third kappa shape index (κ3) is 4.54. The van der Waals surface area contributed by atoms with E-state index >= 15 is 0 Å². The maximum Gasteiger partial charge on any atom is 0.183 e. The summed E-state index contributed by atoms with van der Waals surface area (Å²) in [5, 5.41) is 9.07. The molecule has 0 radical (unpaired) electrons. The molecule has 2 aromatic heterocycles. The van der Waals surface area contributed by atoms with E-state index in [1.165, 1.54) is 12.8 Å². The molecule has 0 aliphatic carbocycles. The fraction of sp³-hybridized carbons (Fsp3) is 0.429. The van der Waals surface area contributed by atoms with Crippen LogP contribution in [0.2, 0.25) is 0 Å². The highest BCUT2D eigenvalue weighted by atomic mass is 32.1. The molecule has 0 amide bonds. The van der Waals surface area contributed by atoms with Gasteiger partial charge in [0.1, 0.15) is 11.4 Å². The van der Waals surface area contributed by atoms with Crippen molar-refractivity contribution in [2.45, 2.75) is 45.4 Å². The van der Waals surface area contributed by atoms with Gasteiger partial charge < -0.3 is 14.8 Å². The smallest absolute Gasteiger partial charge is 0.183 e. The predicted octanol–water partition coefficient (Wildman–Crippen LogP) is 4.50. The molecule has 3 heterocycles. The topological polar surface area (TPSA) is 61.2 Å². The molecule has 0 spiro atoms. The number of anilines is 1. The van der Waals surface area contributed by atoms with Gasteiger partial charge >= 0.3 is 0 Å². The summed E-state index contributed by atoms with van der Waals surface area (Å²) < 4.78 is 13.1. The molecule has 1 saturated heterocycles. The van der Waals surface area contributed by atoms with E-state index in [1.54, 1.807) is 18.4 Å². The van der Waals surface area contributed by atoms with Crippen molar-refractivity contribution in [3.05, 3.63) is 47.8 Å². The first-order valence-electron chi connectivity index (χ1n) is 9.71. The first-order valence-corrected chi connectivity index (χ1v) is 10.5. The number of rotatable bonds is 7. The van der Waals surface area contributed by atoms with Gasteiger partial charge in [-0.15, -0.1) is 0 Å². The van der Waals surface area contributed by atoms with Gasteiger partial charge in [0.25, 0.3) is 0 Å². The second kappa shape index (κ2) is 8.75. The van der Waals surface area contributed by atoms with Gasteiger partial charge in [-0.1, -0.05) is 23.5 Å². The summed E-state index contributed by atoms with van der Waals surface area (Å²) in [5.41, 5.74) is 3.13. The maximum absolute atomic E-state index is 5.83. The Balaban J connectivity index is 1.41. The van der Waals surface area contributed by atoms with E-state index in [0.29, 0.717) is 6.54 Å². The number of hydrogen-bond acceptors (Lipinski definition) is 6. The lowest BCUT2D eigenvalue weighted by Gasteiger charge is -2.22. The van der Waals surface area contributed by atoms with Crippen LogP contribution < -0.4 is 10.1 Å². The zero-order valence-corrected chi connectivity index (χ0v) is 17.2. The second-order valence-corrected chi connectivity index (χ2v) is 8.05. The molecular formula is C21H26N4O2S. The highest BCUT2D eigenvalue weighted by molar-refractivity contribution is 7.19. The average molecular weight is 399 g/mol. The molecule has 7 heteroatoms. The monoisotopic (exact) mass is 398 g/mol. The van der Waals surface area contributed by atoms with Crippen molar-refractivity contribution in [2.24, 2.45) is 0 Å². The lowest BCUT2D eigenvalue weighted by Crippen LogP contribution is -2.24. The van der Waals surface area contributed by atoms with E-state index in [0.717, 1.165) is 52.3 Å². The van der Waals surface area contributed by atoms with E-state index in [-0.39, 0.29) is 6.10 Å². The van der Waals surface area contributed by atoms with E-state index in [9.17, 15) is 0 Å². The zero-order valence-electron chi connectivity index (χ0n) is 16.4. The summed E-state index contributed by atoms with van der Waals surface area (Å²) in [6, 6.07) is 10.1. The Kier molecular flexibility index (Phi) is 5.92. The second-order valence-electron chi connectivity index (χ2n) is 7.05. The molecule has 1 aliphatic heterocycles. The quantitative estimate of drug-likeness (QED) is 0.635. The number of ether oxygens (including phenoxy) is 2. The van der Waals surface area contributed by atoms with Crippen molar-refractivity contribution >= 4 is 16.5 Å². The Hall–Kier alpha value is -2.38. The Morgan fingerprint density at radius 3 is 3.07 bits per heavy atom. The summed E-state index contributed by atoms with van der Waals surface area (Å²) in [4.78, 5) is 5.78. The zero-order chi connectivity index (χ0) is 19.3. The van der Waals surface area contributed by atoms with Gasteiger partial charge in [0, 0.05) is 19.3 Å².